The van der Waals surface area contributed by atoms with Gasteiger partial charge in [-0.25, -0.2) is 0 Å². The Morgan fingerprint density at radius 1 is 1.50 bits per heavy atom. The summed E-state index contributed by atoms with van der Waals surface area (Å²) in [6, 6.07) is 4.39. The van der Waals surface area contributed by atoms with E-state index in [0.29, 0.717) is 6.29 Å². The van der Waals surface area contributed by atoms with E-state index in [9.17, 15) is 14.7 Å². The zero-order valence-electron chi connectivity index (χ0n) is 6.57. The monoisotopic (exact) mass is 164 g/mol. The molecule has 0 aliphatic heterocycles. The number of ketones is 1. The largest absolute Gasteiger partial charge is 0.507 e. The van der Waals surface area contributed by atoms with E-state index < -0.39 is 0 Å². The summed E-state index contributed by atoms with van der Waals surface area (Å²) in [4.78, 5) is 21.3. The number of rotatable bonds is 2. The average molecular weight is 164 g/mol. The number of phenols is 1. The number of hydrogen-bond acceptors (Lipinski definition) is 3. The van der Waals surface area contributed by atoms with E-state index in [-0.39, 0.29) is 22.7 Å². The summed E-state index contributed by atoms with van der Waals surface area (Å²) in [5, 5.41) is 9.21. The summed E-state index contributed by atoms with van der Waals surface area (Å²) < 4.78 is 0. The predicted octanol–water partition coefficient (Wildman–Crippen LogP) is 1.41. The molecule has 12 heavy (non-hydrogen) atoms. The van der Waals surface area contributed by atoms with Gasteiger partial charge in [-0.2, -0.15) is 0 Å². The first kappa shape index (κ1) is 8.46. The second-order valence-electron chi connectivity index (χ2n) is 2.42. The molecule has 0 saturated carbocycles. The third kappa shape index (κ3) is 1.34. The van der Waals surface area contributed by atoms with Crippen LogP contribution in [-0.2, 0) is 0 Å². The maximum Gasteiger partial charge on any atom is 0.164 e. The number of hydrogen-bond donors (Lipinski definition) is 1. The van der Waals surface area contributed by atoms with Crippen molar-refractivity contribution in [1.82, 2.24) is 0 Å². The first-order valence-corrected chi connectivity index (χ1v) is 3.45. The van der Waals surface area contributed by atoms with Gasteiger partial charge in [0.2, 0.25) is 0 Å². The highest BCUT2D eigenvalue weighted by atomic mass is 16.3. The molecule has 1 rings (SSSR count). The van der Waals surface area contributed by atoms with Gasteiger partial charge in [-0.15, -0.1) is 0 Å². The second-order valence-corrected chi connectivity index (χ2v) is 2.42. The van der Waals surface area contributed by atoms with Crippen LogP contribution in [0.4, 0.5) is 0 Å². The lowest BCUT2D eigenvalue weighted by atomic mass is 10.0. The van der Waals surface area contributed by atoms with Gasteiger partial charge >= 0.3 is 0 Å². The Kier molecular flexibility index (Phi) is 2.24. The molecule has 3 nitrogen and oxygen atoms in total. The molecule has 62 valence electrons. The number of aromatic hydroxyl groups is 1. The van der Waals surface area contributed by atoms with Crippen LogP contribution in [0.2, 0.25) is 0 Å². The molecule has 0 amide bonds. The summed E-state index contributed by atoms with van der Waals surface area (Å²) in [7, 11) is 0. The molecule has 0 aliphatic rings. The van der Waals surface area contributed by atoms with Crippen molar-refractivity contribution < 1.29 is 14.7 Å². The molecule has 0 radical (unpaired) electrons. The van der Waals surface area contributed by atoms with Crippen LogP contribution in [0.5, 0.6) is 5.75 Å². The van der Waals surface area contributed by atoms with E-state index >= 15 is 0 Å². The average Bonchev–Trinajstić information content (AvgIpc) is 2.03. The zero-order valence-corrected chi connectivity index (χ0v) is 6.57. The van der Waals surface area contributed by atoms with Crippen molar-refractivity contribution in [3.63, 3.8) is 0 Å². The molecule has 1 aromatic carbocycles. The summed E-state index contributed by atoms with van der Waals surface area (Å²) in [5.41, 5.74) is 0.315. The van der Waals surface area contributed by atoms with Crippen LogP contribution < -0.4 is 0 Å². The lowest BCUT2D eigenvalue weighted by Gasteiger charge is -2.01. The lowest BCUT2D eigenvalue weighted by Crippen LogP contribution is -1.98. The first-order valence-electron chi connectivity index (χ1n) is 3.45. The number of phenolic OH excluding ortho intramolecular Hbond substituents is 1. The number of carbonyl (C=O) groups is 2. The summed E-state index contributed by atoms with van der Waals surface area (Å²) in [6.45, 7) is 1.31. The second kappa shape index (κ2) is 3.17. The van der Waals surface area contributed by atoms with Gasteiger partial charge in [0.1, 0.15) is 5.75 Å². The maximum absolute atomic E-state index is 10.9. The quantitative estimate of drug-likeness (QED) is 0.531. The van der Waals surface area contributed by atoms with Crippen LogP contribution in [0, 0.1) is 0 Å². The Morgan fingerprint density at radius 3 is 2.58 bits per heavy atom. The van der Waals surface area contributed by atoms with Crippen molar-refractivity contribution >= 4 is 12.1 Å². The lowest BCUT2D eigenvalue weighted by molar-refractivity contribution is 0.100. The minimum atomic E-state index is -0.310. The van der Waals surface area contributed by atoms with Gasteiger partial charge in [0, 0.05) is 5.56 Å². The predicted molar refractivity (Wildman–Crippen MR) is 43.5 cm³/mol. The van der Waals surface area contributed by atoms with Crippen LogP contribution in [-0.4, -0.2) is 17.2 Å². The fraction of sp³-hybridized carbons (Fsp3) is 0.111. The highest BCUT2D eigenvalue weighted by Gasteiger charge is 2.10. The molecular formula is C9H8O3. The summed E-state index contributed by atoms with van der Waals surface area (Å²) in [5.74, 6) is -0.456. The molecule has 1 N–H and O–H groups in total. The number of aldehydes is 1. The van der Waals surface area contributed by atoms with E-state index in [4.69, 9.17) is 0 Å². The van der Waals surface area contributed by atoms with Gasteiger partial charge < -0.3 is 5.11 Å². The van der Waals surface area contributed by atoms with E-state index in [1.54, 1.807) is 0 Å². The normalized spacial score (nSPS) is 9.42. The minimum absolute atomic E-state index is 0.0903. The third-order valence-corrected chi connectivity index (χ3v) is 1.55. The molecule has 0 spiro atoms. The van der Waals surface area contributed by atoms with Crippen LogP contribution in [0.15, 0.2) is 18.2 Å². The van der Waals surface area contributed by atoms with E-state index in [1.807, 2.05) is 0 Å². The topological polar surface area (TPSA) is 54.4 Å². The highest BCUT2D eigenvalue weighted by Crippen LogP contribution is 2.19. The van der Waals surface area contributed by atoms with Crippen LogP contribution in [0.25, 0.3) is 0 Å². The number of benzene rings is 1. The zero-order chi connectivity index (χ0) is 9.14. The van der Waals surface area contributed by atoms with Crippen molar-refractivity contribution in [3.05, 3.63) is 29.3 Å². The molecule has 3 heteroatoms. The first-order chi connectivity index (χ1) is 5.66. The van der Waals surface area contributed by atoms with E-state index in [1.165, 1.54) is 25.1 Å². The van der Waals surface area contributed by atoms with E-state index in [0.717, 1.165) is 0 Å². The third-order valence-electron chi connectivity index (χ3n) is 1.55. The molecule has 1 aromatic rings. The Balaban J connectivity index is 3.39. The van der Waals surface area contributed by atoms with Gasteiger partial charge in [-0.05, 0) is 13.0 Å². The maximum atomic E-state index is 10.9. The van der Waals surface area contributed by atoms with Crippen LogP contribution in [0.1, 0.15) is 27.6 Å². The highest BCUT2D eigenvalue weighted by molar-refractivity contribution is 6.03. The Hall–Kier alpha value is -1.64. The Bertz CT molecular complexity index is 329. The molecule has 0 bridgehead atoms. The molecular weight excluding hydrogens is 156 g/mol. The molecule has 0 atom stereocenters. The van der Waals surface area contributed by atoms with Crippen molar-refractivity contribution in [2.24, 2.45) is 0 Å². The van der Waals surface area contributed by atoms with Crippen LogP contribution >= 0.6 is 0 Å². The van der Waals surface area contributed by atoms with E-state index in [2.05, 4.69) is 0 Å². The summed E-state index contributed by atoms with van der Waals surface area (Å²) >= 11 is 0. The molecule has 0 aliphatic carbocycles. The van der Waals surface area contributed by atoms with Gasteiger partial charge in [-0.3, -0.25) is 9.59 Å². The SMILES string of the molecule is CC(=O)c1c(O)cccc1C=O. The van der Waals surface area contributed by atoms with Gasteiger partial charge in [0.15, 0.2) is 12.1 Å². The summed E-state index contributed by atoms with van der Waals surface area (Å²) in [6.07, 6.45) is 0.552. The molecule has 0 heterocycles. The van der Waals surface area contributed by atoms with Gasteiger partial charge in [-0.1, -0.05) is 12.1 Å². The van der Waals surface area contributed by atoms with Gasteiger partial charge in [0.05, 0.1) is 5.56 Å². The van der Waals surface area contributed by atoms with Crippen molar-refractivity contribution in [2.45, 2.75) is 6.92 Å². The van der Waals surface area contributed by atoms with Gasteiger partial charge in [0.25, 0.3) is 0 Å². The molecule has 0 aromatic heterocycles. The van der Waals surface area contributed by atoms with Crippen molar-refractivity contribution in [3.8, 4) is 5.75 Å². The molecule has 0 saturated heterocycles. The number of carbonyl (C=O) groups excluding carboxylic acids is 2. The van der Waals surface area contributed by atoms with Crippen LogP contribution in [0.3, 0.4) is 0 Å². The Morgan fingerprint density at radius 2 is 2.17 bits per heavy atom. The fourth-order valence-corrected chi connectivity index (χ4v) is 1.04. The fourth-order valence-electron chi connectivity index (χ4n) is 1.04. The minimum Gasteiger partial charge on any atom is -0.507 e. The standard InChI is InChI=1S/C9H8O3/c1-6(11)9-7(5-10)3-2-4-8(9)12/h2-5,12H,1H3. The number of Topliss-reactive ketones (excluding diaryl/α,β-unsaturated/α-hetero) is 1. The van der Waals surface area contributed by atoms with Crippen molar-refractivity contribution in [1.29, 1.82) is 0 Å². The van der Waals surface area contributed by atoms with Crippen molar-refractivity contribution in [2.75, 3.05) is 0 Å². The smallest absolute Gasteiger partial charge is 0.164 e. The molecule has 0 fully saturated rings. The molecule has 0 unspecified atom stereocenters. The Labute approximate surface area is 69.6 Å².